The van der Waals surface area contributed by atoms with Crippen molar-refractivity contribution in [2.45, 2.75) is 0 Å². The zero-order valence-corrected chi connectivity index (χ0v) is 7.46. The SMILES string of the molecule is Nc1nc(Cl)c(NS(=O)O)s1. The van der Waals surface area contributed by atoms with Crippen LogP contribution in [0, 0.1) is 0 Å². The Balaban J connectivity index is 2.85. The molecule has 0 aromatic carbocycles. The molecule has 1 atom stereocenters. The van der Waals surface area contributed by atoms with Gasteiger partial charge in [0.1, 0.15) is 5.00 Å². The first kappa shape index (κ1) is 8.72. The number of nitrogens with one attached hydrogen (secondary N) is 1. The van der Waals surface area contributed by atoms with Crippen molar-refractivity contribution in [3.63, 3.8) is 0 Å². The number of rotatable bonds is 2. The molecule has 1 rings (SSSR count). The second kappa shape index (κ2) is 3.35. The molecule has 4 N–H and O–H groups in total. The van der Waals surface area contributed by atoms with Crippen LogP contribution in [0.4, 0.5) is 10.1 Å². The molecule has 1 aromatic rings. The highest BCUT2D eigenvalue weighted by molar-refractivity contribution is 7.80. The third-order valence-electron chi connectivity index (χ3n) is 0.782. The molecule has 5 nitrogen and oxygen atoms in total. The number of nitrogens with two attached hydrogens (primary N) is 1. The van der Waals surface area contributed by atoms with E-state index >= 15 is 0 Å². The highest BCUT2D eigenvalue weighted by atomic mass is 35.5. The Hall–Kier alpha value is -0.370. The van der Waals surface area contributed by atoms with Crippen LogP contribution in [0.1, 0.15) is 0 Å². The minimum atomic E-state index is -2.13. The van der Waals surface area contributed by atoms with E-state index in [0.717, 1.165) is 11.3 Å². The lowest BCUT2D eigenvalue weighted by Crippen LogP contribution is -1.99. The number of nitrogen functional groups attached to an aromatic ring is 1. The van der Waals surface area contributed by atoms with Gasteiger partial charge in [0.05, 0.1) is 0 Å². The lowest BCUT2D eigenvalue weighted by Gasteiger charge is -1.93. The van der Waals surface area contributed by atoms with Crippen LogP contribution in [0.2, 0.25) is 5.15 Å². The van der Waals surface area contributed by atoms with E-state index in [9.17, 15) is 4.21 Å². The van der Waals surface area contributed by atoms with Gasteiger partial charge in [-0.25, -0.2) is 9.19 Å². The maximum Gasteiger partial charge on any atom is 0.259 e. The minimum absolute atomic E-state index is 0.106. The van der Waals surface area contributed by atoms with E-state index in [-0.39, 0.29) is 10.3 Å². The highest BCUT2D eigenvalue weighted by Crippen LogP contribution is 2.30. The average Bonchev–Trinajstić information content (AvgIpc) is 2.09. The Kier molecular flexibility index (Phi) is 2.66. The van der Waals surface area contributed by atoms with Gasteiger partial charge in [0, 0.05) is 0 Å². The summed E-state index contributed by atoms with van der Waals surface area (Å²) in [6.07, 6.45) is 0. The summed E-state index contributed by atoms with van der Waals surface area (Å²) < 4.78 is 20.8. The topological polar surface area (TPSA) is 88.2 Å². The molecule has 1 aromatic heterocycles. The Labute approximate surface area is 74.0 Å². The quantitative estimate of drug-likeness (QED) is 0.638. The molecule has 1 heterocycles. The van der Waals surface area contributed by atoms with Crippen molar-refractivity contribution in [2.75, 3.05) is 10.5 Å². The fourth-order valence-corrected chi connectivity index (χ4v) is 1.93. The van der Waals surface area contributed by atoms with Gasteiger partial charge in [0.2, 0.25) is 0 Å². The molecule has 0 saturated carbocycles. The van der Waals surface area contributed by atoms with Crippen molar-refractivity contribution in [1.82, 2.24) is 4.98 Å². The fourth-order valence-electron chi connectivity index (χ4n) is 0.459. The van der Waals surface area contributed by atoms with Crippen LogP contribution in [0.3, 0.4) is 0 Å². The van der Waals surface area contributed by atoms with Crippen molar-refractivity contribution in [3.05, 3.63) is 5.15 Å². The second-order valence-corrected chi connectivity index (χ2v) is 3.61. The van der Waals surface area contributed by atoms with Gasteiger partial charge in [-0.15, -0.1) is 0 Å². The Morgan fingerprint density at radius 2 is 2.45 bits per heavy atom. The first-order valence-corrected chi connectivity index (χ1v) is 4.69. The number of aromatic nitrogens is 1. The lowest BCUT2D eigenvalue weighted by molar-refractivity contribution is 0.570. The number of anilines is 2. The number of halogens is 1. The molecular formula is C3H4ClN3O2S2. The molecule has 11 heavy (non-hydrogen) atoms. The summed E-state index contributed by atoms with van der Waals surface area (Å²) in [5, 5.41) is 0.655. The maximum absolute atomic E-state index is 10.2. The molecule has 0 aliphatic rings. The summed E-state index contributed by atoms with van der Waals surface area (Å²) in [6, 6.07) is 0. The van der Waals surface area contributed by atoms with E-state index in [1.165, 1.54) is 0 Å². The molecule has 0 amide bonds. The molecule has 0 saturated heterocycles. The normalized spacial score (nSPS) is 12.9. The predicted molar refractivity (Wildman–Crippen MR) is 45.9 cm³/mol. The van der Waals surface area contributed by atoms with Crippen LogP contribution in [0.5, 0.6) is 0 Å². The molecule has 0 fully saturated rings. The first-order valence-electron chi connectivity index (χ1n) is 2.39. The maximum atomic E-state index is 10.2. The largest absolute Gasteiger partial charge is 0.375 e. The summed E-state index contributed by atoms with van der Waals surface area (Å²) in [5.74, 6) is 0. The second-order valence-electron chi connectivity index (χ2n) is 1.52. The summed E-state index contributed by atoms with van der Waals surface area (Å²) in [4.78, 5) is 3.62. The van der Waals surface area contributed by atoms with Gasteiger partial charge >= 0.3 is 0 Å². The van der Waals surface area contributed by atoms with E-state index in [1.54, 1.807) is 0 Å². The van der Waals surface area contributed by atoms with Crippen LogP contribution in [0.25, 0.3) is 0 Å². The number of hydrogen-bond donors (Lipinski definition) is 3. The third kappa shape index (κ3) is 2.29. The van der Waals surface area contributed by atoms with Gasteiger partial charge in [0.15, 0.2) is 10.3 Å². The molecule has 0 radical (unpaired) electrons. The van der Waals surface area contributed by atoms with E-state index < -0.39 is 11.3 Å². The number of hydrogen-bond acceptors (Lipinski definition) is 4. The van der Waals surface area contributed by atoms with Crippen molar-refractivity contribution in [1.29, 1.82) is 0 Å². The summed E-state index contributed by atoms with van der Waals surface area (Å²) in [5.41, 5.74) is 5.26. The number of thiazole rings is 1. The van der Waals surface area contributed by atoms with Gasteiger partial charge in [-0.2, -0.15) is 0 Å². The zero-order valence-electron chi connectivity index (χ0n) is 5.07. The Morgan fingerprint density at radius 3 is 2.82 bits per heavy atom. The van der Waals surface area contributed by atoms with Crippen LogP contribution >= 0.6 is 22.9 Å². The fraction of sp³-hybridized carbons (Fsp3) is 0. The molecule has 0 spiro atoms. The molecule has 62 valence electrons. The Bertz CT molecular complexity index is 288. The van der Waals surface area contributed by atoms with Gasteiger partial charge in [-0.1, -0.05) is 22.9 Å². The monoisotopic (exact) mass is 213 g/mol. The van der Waals surface area contributed by atoms with E-state index in [2.05, 4.69) is 9.71 Å². The molecule has 8 heteroatoms. The van der Waals surface area contributed by atoms with Gasteiger partial charge in [-0.3, -0.25) is 9.27 Å². The summed E-state index contributed by atoms with van der Waals surface area (Å²) in [7, 11) is 0. The number of nitrogens with zero attached hydrogens (tertiary/aromatic N) is 1. The smallest absolute Gasteiger partial charge is 0.259 e. The molecule has 1 unspecified atom stereocenters. The van der Waals surface area contributed by atoms with E-state index in [1.807, 2.05) is 0 Å². The van der Waals surface area contributed by atoms with Crippen LogP contribution < -0.4 is 10.5 Å². The average molecular weight is 214 g/mol. The molecule has 0 aliphatic carbocycles. The van der Waals surface area contributed by atoms with Crippen molar-refractivity contribution < 1.29 is 8.76 Å². The van der Waals surface area contributed by atoms with E-state index in [0.29, 0.717) is 5.00 Å². The predicted octanol–water partition coefficient (Wildman–Crippen LogP) is 0.927. The van der Waals surface area contributed by atoms with Crippen molar-refractivity contribution in [2.24, 2.45) is 0 Å². The van der Waals surface area contributed by atoms with Gasteiger partial charge < -0.3 is 5.73 Å². The van der Waals surface area contributed by atoms with E-state index in [4.69, 9.17) is 21.9 Å². The third-order valence-corrected chi connectivity index (χ3v) is 2.48. The van der Waals surface area contributed by atoms with Crippen LogP contribution in [-0.2, 0) is 11.3 Å². The van der Waals surface area contributed by atoms with Gasteiger partial charge in [0.25, 0.3) is 11.3 Å². The summed E-state index contributed by atoms with van der Waals surface area (Å²) in [6.45, 7) is 0. The molecule has 0 bridgehead atoms. The van der Waals surface area contributed by atoms with Crippen molar-refractivity contribution >= 4 is 44.3 Å². The molecular weight excluding hydrogens is 210 g/mol. The van der Waals surface area contributed by atoms with Crippen LogP contribution in [-0.4, -0.2) is 13.7 Å². The highest BCUT2D eigenvalue weighted by Gasteiger charge is 2.07. The minimum Gasteiger partial charge on any atom is -0.375 e. The molecule has 0 aliphatic heterocycles. The van der Waals surface area contributed by atoms with Crippen molar-refractivity contribution in [3.8, 4) is 0 Å². The van der Waals surface area contributed by atoms with Gasteiger partial charge in [-0.05, 0) is 0 Å². The first-order chi connectivity index (χ1) is 5.09. The lowest BCUT2D eigenvalue weighted by atomic mass is 10.9. The standard InChI is InChI=1S/C3H4ClN3O2S2/c4-1-2(7-11(8)9)10-3(5)6-1/h7H,(H2,5,6)(H,8,9). The van der Waals surface area contributed by atoms with Crippen LogP contribution in [0.15, 0.2) is 0 Å². The zero-order chi connectivity index (χ0) is 8.43. The summed E-state index contributed by atoms with van der Waals surface area (Å²) >= 11 is 4.38. The Morgan fingerprint density at radius 1 is 1.82 bits per heavy atom.